The van der Waals surface area contributed by atoms with Gasteiger partial charge < -0.3 is 64.2 Å². The van der Waals surface area contributed by atoms with Gasteiger partial charge in [0, 0.05) is 13.0 Å². The average Bonchev–Trinajstić information content (AvgIpc) is 3.67. The van der Waals surface area contributed by atoms with Crippen molar-refractivity contribution in [3.63, 3.8) is 0 Å². The zero-order chi connectivity index (χ0) is 60.1. The van der Waals surface area contributed by atoms with Crippen LogP contribution in [0.2, 0.25) is 0 Å². The number of carbonyl (C=O) groups excluding carboxylic acids is 1. The van der Waals surface area contributed by atoms with Crippen molar-refractivity contribution < 1.29 is 69.0 Å². The normalized spacial score (nSPS) is 23.3. The Morgan fingerprint density at radius 3 is 0.976 bits per heavy atom. The monoisotopic (exact) mass is 1190 g/mol. The van der Waals surface area contributed by atoms with Gasteiger partial charge in [0.2, 0.25) is 0 Å². The summed E-state index contributed by atoms with van der Waals surface area (Å²) in [5, 5.41) is 72.6. The second kappa shape index (κ2) is 56.2. The largest absolute Gasteiger partial charge is 0.457 e. The molecule has 7 N–H and O–H groups in total. The van der Waals surface area contributed by atoms with Gasteiger partial charge in [0.05, 0.1) is 26.4 Å². The standard InChI is InChI=1S/C69H134O14/c1-3-5-7-9-11-13-15-17-19-21-23-25-27-29-31-33-35-37-39-41-43-45-47-49-51-53-78-55-58(56-79-68-67(77)65(75)63(73)60(83-68)57-80-69-66(76)64(74)62(72)59(54-70)82-69)81-61(71)52-50-48-46-44-42-40-38-36-34-32-30-28-26-24-22-20-18-16-14-12-10-8-6-4-2/h58-60,62-70,72-77H,3-57H2,1-2H3. The van der Waals surface area contributed by atoms with Crippen LogP contribution in [0.4, 0.5) is 0 Å². The van der Waals surface area contributed by atoms with Crippen LogP contribution in [0.15, 0.2) is 0 Å². The lowest BCUT2D eigenvalue weighted by Crippen LogP contribution is -2.61. The summed E-state index contributed by atoms with van der Waals surface area (Å²) in [5.74, 6) is -0.364. The maximum atomic E-state index is 13.2. The number of hydrogen-bond donors (Lipinski definition) is 7. The topological polar surface area (TPSA) is 214 Å². The Bertz CT molecular complexity index is 1380. The van der Waals surface area contributed by atoms with E-state index in [2.05, 4.69) is 13.8 Å². The number of aliphatic hydroxyl groups excluding tert-OH is 7. The SMILES string of the molecule is CCCCCCCCCCCCCCCCCCCCCCCCCCCOCC(COC1OC(COC2OC(CO)C(O)C(O)C2O)C(O)C(O)C1O)OC(=O)CCCCCCCCCCCCCCCCCCCCCCCCCC. The summed E-state index contributed by atoms with van der Waals surface area (Å²) in [6, 6.07) is 0. The summed E-state index contributed by atoms with van der Waals surface area (Å²) >= 11 is 0. The lowest BCUT2D eigenvalue weighted by molar-refractivity contribution is -0.332. The first-order chi connectivity index (χ1) is 40.6. The number of aliphatic hydroxyl groups is 7. The number of hydrogen-bond acceptors (Lipinski definition) is 14. The van der Waals surface area contributed by atoms with Crippen LogP contribution in [-0.4, -0.2) is 142 Å². The Hall–Kier alpha value is -1.01. The highest BCUT2D eigenvalue weighted by Gasteiger charge is 2.47. The predicted octanol–water partition coefficient (Wildman–Crippen LogP) is 15.1. The van der Waals surface area contributed by atoms with Gasteiger partial charge in [0.25, 0.3) is 0 Å². The van der Waals surface area contributed by atoms with Gasteiger partial charge in [-0.05, 0) is 12.8 Å². The number of unbranched alkanes of at least 4 members (excludes halogenated alkanes) is 47. The van der Waals surface area contributed by atoms with Crippen LogP contribution in [-0.2, 0) is 33.2 Å². The summed E-state index contributed by atoms with van der Waals surface area (Å²) in [6.45, 7) is 3.80. The molecule has 83 heavy (non-hydrogen) atoms. The Labute approximate surface area is 508 Å². The third kappa shape index (κ3) is 41.8. The number of ether oxygens (including phenoxy) is 6. The fourth-order valence-corrected chi connectivity index (χ4v) is 11.9. The zero-order valence-corrected chi connectivity index (χ0v) is 53.7. The zero-order valence-electron chi connectivity index (χ0n) is 53.7. The Balaban J connectivity index is 1.62. The van der Waals surface area contributed by atoms with Gasteiger partial charge in [0.1, 0.15) is 54.9 Å². The number of esters is 1. The molecule has 2 saturated heterocycles. The molecule has 2 fully saturated rings. The molecule has 11 atom stereocenters. The van der Waals surface area contributed by atoms with Crippen molar-refractivity contribution >= 4 is 5.97 Å². The molecule has 0 aliphatic carbocycles. The van der Waals surface area contributed by atoms with Crippen molar-refractivity contribution in [1.29, 1.82) is 0 Å². The van der Waals surface area contributed by atoms with E-state index in [0.29, 0.717) is 6.61 Å². The van der Waals surface area contributed by atoms with Crippen molar-refractivity contribution in [1.82, 2.24) is 0 Å². The summed E-state index contributed by atoms with van der Waals surface area (Å²) < 4.78 is 34.6. The third-order valence-electron chi connectivity index (χ3n) is 17.6. The van der Waals surface area contributed by atoms with E-state index in [1.54, 1.807) is 0 Å². The Morgan fingerprint density at radius 1 is 0.349 bits per heavy atom. The van der Waals surface area contributed by atoms with Crippen molar-refractivity contribution in [2.24, 2.45) is 0 Å². The summed E-state index contributed by atoms with van der Waals surface area (Å²) in [7, 11) is 0. The molecule has 0 aromatic rings. The Kier molecular flexibility index (Phi) is 52.9. The summed E-state index contributed by atoms with van der Waals surface area (Å²) in [6.07, 6.45) is 49.0. The van der Waals surface area contributed by atoms with Crippen LogP contribution in [0.5, 0.6) is 0 Å². The second-order valence-corrected chi connectivity index (χ2v) is 25.4. The highest BCUT2D eigenvalue weighted by molar-refractivity contribution is 5.69. The lowest BCUT2D eigenvalue weighted by Gasteiger charge is -2.42. The molecule has 0 radical (unpaired) electrons. The molecule has 14 heteroatoms. The molecular weight excluding hydrogens is 1050 g/mol. The van der Waals surface area contributed by atoms with Crippen LogP contribution in [0.25, 0.3) is 0 Å². The van der Waals surface area contributed by atoms with Crippen molar-refractivity contribution in [2.45, 2.75) is 402 Å². The summed E-state index contributed by atoms with van der Waals surface area (Å²) in [5.41, 5.74) is 0. The molecule has 0 aromatic carbocycles. The van der Waals surface area contributed by atoms with E-state index in [9.17, 15) is 40.5 Å². The van der Waals surface area contributed by atoms with Crippen LogP contribution in [0.1, 0.15) is 335 Å². The van der Waals surface area contributed by atoms with E-state index in [4.69, 9.17) is 28.4 Å². The first-order valence-corrected chi connectivity index (χ1v) is 35.6. The van der Waals surface area contributed by atoms with Gasteiger partial charge in [-0.15, -0.1) is 0 Å². The van der Waals surface area contributed by atoms with Gasteiger partial charge in [-0.2, -0.15) is 0 Å². The number of rotatable bonds is 61. The van der Waals surface area contributed by atoms with E-state index < -0.39 is 80.7 Å². The fourth-order valence-electron chi connectivity index (χ4n) is 11.9. The molecule has 0 aromatic heterocycles. The van der Waals surface area contributed by atoms with Crippen LogP contribution < -0.4 is 0 Å². The molecule has 14 nitrogen and oxygen atoms in total. The maximum Gasteiger partial charge on any atom is 0.306 e. The molecule has 2 heterocycles. The quantitative estimate of drug-likeness (QED) is 0.0223. The van der Waals surface area contributed by atoms with Gasteiger partial charge in [-0.25, -0.2) is 0 Å². The minimum Gasteiger partial charge on any atom is -0.457 e. The van der Waals surface area contributed by atoms with Gasteiger partial charge >= 0.3 is 5.97 Å². The molecule has 0 bridgehead atoms. The molecule has 11 unspecified atom stereocenters. The van der Waals surface area contributed by atoms with Crippen molar-refractivity contribution in [2.75, 3.05) is 33.0 Å². The van der Waals surface area contributed by atoms with Crippen LogP contribution >= 0.6 is 0 Å². The molecule has 494 valence electrons. The second-order valence-electron chi connectivity index (χ2n) is 25.4. The van der Waals surface area contributed by atoms with Gasteiger partial charge in [0.15, 0.2) is 12.6 Å². The molecule has 0 saturated carbocycles. The summed E-state index contributed by atoms with van der Waals surface area (Å²) in [4.78, 5) is 13.2. The molecule has 2 aliphatic heterocycles. The van der Waals surface area contributed by atoms with Crippen LogP contribution in [0, 0.1) is 0 Å². The molecule has 0 amide bonds. The van der Waals surface area contributed by atoms with E-state index >= 15 is 0 Å². The predicted molar refractivity (Wildman–Crippen MR) is 335 cm³/mol. The smallest absolute Gasteiger partial charge is 0.306 e. The van der Waals surface area contributed by atoms with Crippen molar-refractivity contribution in [3.8, 4) is 0 Å². The molecule has 0 spiro atoms. The fraction of sp³-hybridized carbons (Fsp3) is 0.986. The first kappa shape index (κ1) is 78.1. The van der Waals surface area contributed by atoms with E-state index in [1.165, 1.54) is 270 Å². The van der Waals surface area contributed by atoms with Crippen molar-refractivity contribution in [3.05, 3.63) is 0 Å². The minimum absolute atomic E-state index is 0.0716. The first-order valence-electron chi connectivity index (χ1n) is 35.6. The molecule has 2 rings (SSSR count). The number of carbonyl (C=O) groups is 1. The highest BCUT2D eigenvalue weighted by atomic mass is 16.7. The average molecular weight is 1190 g/mol. The molecular formula is C69H134O14. The van der Waals surface area contributed by atoms with E-state index in [1.807, 2.05) is 0 Å². The van der Waals surface area contributed by atoms with E-state index in [-0.39, 0.29) is 25.6 Å². The Morgan fingerprint density at radius 2 is 0.639 bits per heavy atom. The maximum absolute atomic E-state index is 13.2. The van der Waals surface area contributed by atoms with Gasteiger partial charge in [-0.1, -0.05) is 316 Å². The molecule has 2 aliphatic rings. The highest BCUT2D eigenvalue weighted by Crippen LogP contribution is 2.27. The van der Waals surface area contributed by atoms with E-state index in [0.717, 1.165) is 44.9 Å². The minimum atomic E-state index is -1.70. The van der Waals surface area contributed by atoms with Gasteiger partial charge in [-0.3, -0.25) is 4.79 Å². The lowest BCUT2D eigenvalue weighted by atomic mass is 9.98. The van der Waals surface area contributed by atoms with Crippen LogP contribution in [0.3, 0.4) is 0 Å². The third-order valence-corrected chi connectivity index (χ3v) is 17.6.